The van der Waals surface area contributed by atoms with Gasteiger partial charge in [-0.25, -0.2) is 4.79 Å². The minimum Gasteiger partial charge on any atom is -0.465 e. The summed E-state index contributed by atoms with van der Waals surface area (Å²) in [7, 11) is 1.39. The summed E-state index contributed by atoms with van der Waals surface area (Å²) in [6.45, 7) is 2.16. The molecule has 1 rings (SSSR count). The Balaban J connectivity index is 2.78. The molecule has 0 radical (unpaired) electrons. The molecule has 3 heteroatoms. The van der Waals surface area contributed by atoms with Gasteiger partial charge < -0.3 is 10.5 Å². The predicted octanol–water partition coefficient (Wildman–Crippen LogP) is 3.05. The first kappa shape index (κ1) is 13.7. The molecule has 0 heterocycles. The van der Waals surface area contributed by atoms with E-state index in [9.17, 15) is 4.79 Å². The first-order valence-electron chi connectivity index (χ1n) is 6.13. The molecule has 94 valence electrons. The SMILES string of the molecule is CCCCC[C@H](N)c1ccccc1C(=O)OC. The number of esters is 1. The monoisotopic (exact) mass is 235 g/mol. The number of carbonyl (C=O) groups excluding carboxylic acids is 1. The molecule has 0 amide bonds. The van der Waals surface area contributed by atoms with Crippen molar-refractivity contribution < 1.29 is 9.53 Å². The van der Waals surface area contributed by atoms with E-state index >= 15 is 0 Å². The highest BCUT2D eigenvalue weighted by Crippen LogP contribution is 2.21. The molecule has 0 aliphatic rings. The molecule has 0 aliphatic heterocycles. The summed E-state index contributed by atoms with van der Waals surface area (Å²) in [6.07, 6.45) is 4.34. The lowest BCUT2D eigenvalue weighted by atomic mass is 9.96. The van der Waals surface area contributed by atoms with Crippen LogP contribution in [0.25, 0.3) is 0 Å². The maximum absolute atomic E-state index is 11.6. The van der Waals surface area contributed by atoms with Crippen molar-refractivity contribution in [3.05, 3.63) is 35.4 Å². The average molecular weight is 235 g/mol. The maximum Gasteiger partial charge on any atom is 0.338 e. The van der Waals surface area contributed by atoms with Crippen LogP contribution < -0.4 is 5.73 Å². The van der Waals surface area contributed by atoms with E-state index in [1.165, 1.54) is 20.0 Å². The third kappa shape index (κ3) is 3.86. The van der Waals surface area contributed by atoms with Crippen molar-refractivity contribution in [1.82, 2.24) is 0 Å². The third-order valence-electron chi connectivity index (χ3n) is 2.88. The van der Waals surface area contributed by atoms with Crippen molar-refractivity contribution in [2.24, 2.45) is 5.73 Å². The minimum absolute atomic E-state index is 0.0863. The van der Waals surface area contributed by atoms with Gasteiger partial charge in [0.05, 0.1) is 12.7 Å². The number of methoxy groups -OCH3 is 1. The second kappa shape index (κ2) is 7.07. The average Bonchev–Trinajstić information content (AvgIpc) is 2.38. The normalized spacial score (nSPS) is 12.2. The Hall–Kier alpha value is -1.35. The van der Waals surface area contributed by atoms with Crippen LogP contribution in [0.1, 0.15) is 54.6 Å². The summed E-state index contributed by atoms with van der Waals surface area (Å²) in [5, 5.41) is 0. The zero-order chi connectivity index (χ0) is 12.7. The lowest BCUT2D eigenvalue weighted by Crippen LogP contribution is -2.15. The van der Waals surface area contributed by atoms with Gasteiger partial charge in [0.15, 0.2) is 0 Å². The van der Waals surface area contributed by atoms with E-state index < -0.39 is 0 Å². The van der Waals surface area contributed by atoms with E-state index in [-0.39, 0.29) is 12.0 Å². The van der Waals surface area contributed by atoms with Crippen LogP contribution in [0.2, 0.25) is 0 Å². The van der Waals surface area contributed by atoms with E-state index in [1.54, 1.807) is 6.07 Å². The van der Waals surface area contributed by atoms with Crippen LogP contribution in [0.5, 0.6) is 0 Å². The highest BCUT2D eigenvalue weighted by atomic mass is 16.5. The maximum atomic E-state index is 11.6. The van der Waals surface area contributed by atoms with E-state index in [0.717, 1.165) is 18.4 Å². The number of benzene rings is 1. The second-order valence-electron chi connectivity index (χ2n) is 4.18. The van der Waals surface area contributed by atoms with Gasteiger partial charge in [0.25, 0.3) is 0 Å². The Kier molecular flexibility index (Phi) is 5.70. The summed E-state index contributed by atoms with van der Waals surface area (Å²) >= 11 is 0. The Bertz CT molecular complexity index is 363. The highest BCUT2D eigenvalue weighted by Gasteiger charge is 2.15. The van der Waals surface area contributed by atoms with Gasteiger partial charge in [-0.3, -0.25) is 0 Å². The molecule has 0 saturated heterocycles. The fourth-order valence-electron chi connectivity index (χ4n) is 1.89. The summed E-state index contributed by atoms with van der Waals surface area (Å²) in [5.74, 6) is -0.313. The number of carbonyl (C=O) groups is 1. The lowest BCUT2D eigenvalue weighted by Gasteiger charge is -2.15. The first-order valence-corrected chi connectivity index (χ1v) is 6.13. The fraction of sp³-hybridized carbons (Fsp3) is 0.500. The number of ether oxygens (including phenoxy) is 1. The van der Waals surface area contributed by atoms with Crippen LogP contribution in [0.15, 0.2) is 24.3 Å². The summed E-state index contributed by atoms with van der Waals surface area (Å²) < 4.78 is 4.76. The van der Waals surface area contributed by atoms with Gasteiger partial charge >= 0.3 is 5.97 Å². The van der Waals surface area contributed by atoms with Crippen LogP contribution in [0.4, 0.5) is 0 Å². The van der Waals surface area contributed by atoms with Crippen molar-refractivity contribution in [2.45, 2.75) is 38.6 Å². The number of unbranched alkanes of at least 4 members (excludes halogenated alkanes) is 2. The molecule has 0 aliphatic carbocycles. The molecule has 0 saturated carbocycles. The molecule has 1 atom stereocenters. The Morgan fingerprint density at radius 2 is 2.06 bits per heavy atom. The van der Waals surface area contributed by atoms with Crippen LogP contribution in [-0.4, -0.2) is 13.1 Å². The Labute approximate surface area is 103 Å². The molecule has 0 bridgehead atoms. The Morgan fingerprint density at radius 1 is 1.35 bits per heavy atom. The fourth-order valence-corrected chi connectivity index (χ4v) is 1.89. The van der Waals surface area contributed by atoms with Crippen LogP contribution >= 0.6 is 0 Å². The van der Waals surface area contributed by atoms with Gasteiger partial charge in [0, 0.05) is 6.04 Å². The minimum atomic E-state index is -0.313. The van der Waals surface area contributed by atoms with Crippen molar-refractivity contribution in [2.75, 3.05) is 7.11 Å². The second-order valence-corrected chi connectivity index (χ2v) is 4.18. The van der Waals surface area contributed by atoms with Crippen LogP contribution in [0, 0.1) is 0 Å². The number of rotatable bonds is 6. The van der Waals surface area contributed by atoms with Gasteiger partial charge in [-0.2, -0.15) is 0 Å². The predicted molar refractivity (Wildman–Crippen MR) is 68.9 cm³/mol. The lowest BCUT2D eigenvalue weighted by molar-refractivity contribution is 0.0599. The Morgan fingerprint density at radius 3 is 2.71 bits per heavy atom. The van der Waals surface area contributed by atoms with E-state index in [1.807, 2.05) is 18.2 Å². The summed E-state index contributed by atoms with van der Waals surface area (Å²) in [4.78, 5) is 11.6. The number of nitrogens with two attached hydrogens (primary N) is 1. The van der Waals surface area contributed by atoms with E-state index in [0.29, 0.717) is 5.56 Å². The first-order chi connectivity index (χ1) is 8.20. The third-order valence-corrected chi connectivity index (χ3v) is 2.88. The van der Waals surface area contributed by atoms with E-state index in [2.05, 4.69) is 6.92 Å². The van der Waals surface area contributed by atoms with Gasteiger partial charge in [-0.05, 0) is 18.1 Å². The van der Waals surface area contributed by atoms with Gasteiger partial charge in [0.2, 0.25) is 0 Å². The van der Waals surface area contributed by atoms with Gasteiger partial charge in [-0.15, -0.1) is 0 Å². The van der Waals surface area contributed by atoms with Crippen LogP contribution in [0.3, 0.4) is 0 Å². The van der Waals surface area contributed by atoms with Gasteiger partial charge in [0.1, 0.15) is 0 Å². The zero-order valence-corrected chi connectivity index (χ0v) is 10.6. The molecule has 0 fully saturated rings. The molecule has 3 nitrogen and oxygen atoms in total. The summed E-state index contributed by atoms with van der Waals surface area (Å²) in [5.41, 5.74) is 7.59. The molecule has 0 aromatic heterocycles. The number of hydrogen-bond acceptors (Lipinski definition) is 3. The van der Waals surface area contributed by atoms with Crippen molar-refractivity contribution >= 4 is 5.97 Å². The molecule has 17 heavy (non-hydrogen) atoms. The largest absolute Gasteiger partial charge is 0.465 e. The molecular formula is C14H21NO2. The highest BCUT2D eigenvalue weighted by molar-refractivity contribution is 5.91. The quantitative estimate of drug-likeness (QED) is 0.609. The molecular weight excluding hydrogens is 214 g/mol. The standard InChI is InChI=1S/C14H21NO2/c1-3-4-5-10-13(15)11-8-6-7-9-12(11)14(16)17-2/h6-9,13H,3-5,10,15H2,1-2H3/t13-/m0/s1. The van der Waals surface area contributed by atoms with Crippen molar-refractivity contribution in [1.29, 1.82) is 0 Å². The van der Waals surface area contributed by atoms with E-state index in [4.69, 9.17) is 10.5 Å². The van der Waals surface area contributed by atoms with Crippen molar-refractivity contribution in [3.63, 3.8) is 0 Å². The molecule has 1 aromatic rings. The molecule has 1 aromatic carbocycles. The molecule has 0 spiro atoms. The molecule has 2 N–H and O–H groups in total. The number of hydrogen-bond donors (Lipinski definition) is 1. The topological polar surface area (TPSA) is 52.3 Å². The zero-order valence-electron chi connectivity index (χ0n) is 10.6. The van der Waals surface area contributed by atoms with Crippen molar-refractivity contribution in [3.8, 4) is 0 Å². The summed E-state index contributed by atoms with van der Waals surface area (Å²) in [6, 6.07) is 7.32. The van der Waals surface area contributed by atoms with Crippen LogP contribution in [-0.2, 0) is 4.74 Å². The van der Waals surface area contributed by atoms with Gasteiger partial charge in [-0.1, -0.05) is 44.4 Å². The molecule has 0 unspecified atom stereocenters. The smallest absolute Gasteiger partial charge is 0.338 e.